The Morgan fingerprint density at radius 3 is 2.76 bits per heavy atom. The molecule has 0 unspecified atom stereocenters. The fraction of sp³-hybridized carbons (Fsp3) is 0.167. The number of sulfonamides is 1. The zero-order valence-electron chi connectivity index (χ0n) is 14.9. The Morgan fingerprint density at radius 2 is 2.10 bits per heavy atom. The van der Waals surface area contributed by atoms with Gasteiger partial charge in [-0.2, -0.15) is 5.26 Å². The van der Waals surface area contributed by atoms with Crippen molar-refractivity contribution < 1.29 is 22.0 Å². The van der Waals surface area contributed by atoms with Gasteiger partial charge in [-0.3, -0.25) is 9.52 Å². The van der Waals surface area contributed by atoms with Crippen LogP contribution in [0.3, 0.4) is 0 Å². The lowest BCUT2D eigenvalue weighted by molar-refractivity contribution is 0.103. The third-order valence-electron chi connectivity index (χ3n) is 4.07. The molecule has 1 aromatic carbocycles. The molecular formula is C18H13ClF2N4O3S. The molecule has 150 valence electrons. The van der Waals surface area contributed by atoms with Crippen LogP contribution in [0.4, 0.5) is 14.5 Å². The molecule has 7 nitrogen and oxygen atoms in total. The van der Waals surface area contributed by atoms with Crippen LogP contribution in [0.15, 0.2) is 24.5 Å². The number of carbonyl (C=O) groups is 1. The Bertz CT molecular complexity index is 1280. The van der Waals surface area contributed by atoms with Crippen LogP contribution in [0.1, 0.15) is 34.8 Å². The van der Waals surface area contributed by atoms with Crippen molar-refractivity contribution >= 4 is 44.1 Å². The Kier molecular flexibility index (Phi) is 5.55. The molecule has 29 heavy (non-hydrogen) atoms. The second kappa shape index (κ2) is 7.77. The summed E-state index contributed by atoms with van der Waals surface area (Å²) in [4.78, 5) is 19.5. The molecule has 0 spiro atoms. The summed E-state index contributed by atoms with van der Waals surface area (Å²) < 4.78 is 55.1. The van der Waals surface area contributed by atoms with E-state index in [9.17, 15) is 27.3 Å². The summed E-state index contributed by atoms with van der Waals surface area (Å²) >= 11 is 5.94. The maximum absolute atomic E-state index is 14.9. The summed E-state index contributed by atoms with van der Waals surface area (Å²) in [5.74, 6) is -3.92. The van der Waals surface area contributed by atoms with E-state index in [1.165, 1.54) is 6.20 Å². The first-order chi connectivity index (χ1) is 13.7. The molecule has 0 bridgehead atoms. The van der Waals surface area contributed by atoms with E-state index < -0.39 is 38.7 Å². The van der Waals surface area contributed by atoms with Crippen molar-refractivity contribution in [2.24, 2.45) is 0 Å². The Balaban J connectivity index is 2.16. The number of aromatic nitrogens is 2. The van der Waals surface area contributed by atoms with Crippen LogP contribution in [0, 0.1) is 23.0 Å². The van der Waals surface area contributed by atoms with Gasteiger partial charge >= 0.3 is 0 Å². The lowest BCUT2D eigenvalue weighted by Gasteiger charge is -2.11. The number of aromatic amines is 1. The molecule has 0 atom stereocenters. The minimum absolute atomic E-state index is 0.0146. The van der Waals surface area contributed by atoms with E-state index in [1.807, 2.05) is 10.8 Å². The van der Waals surface area contributed by atoms with E-state index in [4.69, 9.17) is 11.6 Å². The van der Waals surface area contributed by atoms with Gasteiger partial charge in [0.05, 0.1) is 33.2 Å². The lowest BCUT2D eigenvalue weighted by atomic mass is 9.99. The first-order valence-electron chi connectivity index (χ1n) is 8.29. The zero-order valence-corrected chi connectivity index (χ0v) is 16.5. The van der Waals surface area contributed by atoms with Crippen LogP contribution < -0.4 is 4.72 Å². The third kappa shape index (κ3) is 3.79. The SMILES string of the molecule is CCCS(=O)(=O)Nc1ccc(F)c(C(=O)c2c[nH]c3ncc(Cl)c(C#N)c23)c1F. The van der Waals surface area contributed by atoms with Crippen LogP contribution in [0.5, 0.6) is 0 Å². The van der Waals surface area contributed by atoms with Gasteiger partial charge in [0.25, 0.3) is 0 Å². The number of nitrogens with one attached hydrogen (secondary N) is 2. The van der Waals surface area contributed by atoms with Gasteiger partial charge in [0, 0.05) is 17.8 Å². The predicted octanol–water partition coefficient (Wildman–Crippen LogP) is 3.75. The van der Waals surface area contributed by atoms with Gasteiger partial charge in [0.2, 0.25) is 15.8 Å². The number of rotatable bonds is 6. The number of anilines is 1. The molecule has 0 aliphatic rings. The highest BCUT2D eigenvalue weighted by Gasteiger charge is 2.27. The molecule has 0 aliphatic carbocycles. The lowest BCUT2D eigenvalue weighted by Crippen LogP contribution is -2.18. The van der Waals surface area contributed by atoms with Crippen LogP contribution in [-0.4, -0.2) is 29.9 Å². The Labute approximate surface area is 169 Å². The molecule has 0 radical (unpaired) electrons. The van der Waals surface area contributed by atoms with Crippen molar-refractivity contribution in [3.8, 4) is 6.07 Å². The normalized spacial score (nSPS) is 11.4. The smallest absolute Gasteiger partial charge is 0.232 e. The second-order valence-electron chi connectivity index (χ2n) is 6.05. The van der Waals surface area contributed by atoms with E-state index in [0.717, 1.165) is 18.3 Å². The maximum Gasteiger partial charge on any atom is 0.232 e. The Hall–Kier alpha value is -3.03. The average molecular weight is 439 g/mol. The zero-order chi connectivity index (χ0) is 21.3. The molecule has 2 aromatic heterocycles. The summed E-state index contributed by atoms with van der Waals surface area (Å²) in [6.07, 6.45) is 2.64. The van der Waals surface area contributed by atoms with Crippen molar-refractivity contribution in [1.29, 1.82) is 5.26 Å². The van der Waals surface area contributed by atoms with Crippen molar-refractivity contribution in [2.75, 3.05) is 10.5 Å². The van der Waals surface area contributed by atoms with Gasteiger partial charge in [-0.15, -0.1) is 0 Å². The van der Waals surface area contributed by atoms with Gasteiger partial charge in [0.1, 0.15) is 17.5 Å². The first-order valence-corrected chi connectivity index (χ1v) is 10.3. The molecule has 2 heterocycles. The number of H-pyrrole nitrogens is 1. The van der Waals surface area contributed by atoms with Gasteiger partial charge in [-0.25, -0.2) is 22.2 Å². The first kappa shape index (κ1) is 20.7. The van der Waals surface area contributed by atoms with Gasteiger partial charge in [-0.1, -0.05) is 18.5 Å². The summed E-state index contributed by atoms with van der Waals surface area (Å²) in [6, 6.07) is 3.51. The Morgan fingerprint density at radius 1 is 1.38 bits per heavy atom. The van der Waals surface area contributed by atoms with E-state index in [2.05, 4.69) is 9.97 Å². The van der Waals surface area contributed by atoms with E-state index in [-0.39, 0.29) is 39.4 Å². The largest absolute Gasteiger partial charge is 0.345 e. The van der Waals surface area contributed by atoms with Crippen LogP contribution in [0.2, 0.25) is 5.02 Å². The molecule has 0 amide bonds. The number of pyridine rings is 1. The van der Waals surface area contributed by atoms with Gasteiger partial charge in [-0.05, 0) is 18.6 Å². The number of carbonyl (C=O) groups excluding carboxylic acids is 1. The number of halogens is 3. The van der Waals surface area contributed by atoms with Gasteiger partial charge in [0.15, 0.2) is 5.82 Å². The minimum atomic E-state index is -3.87. The van der Waals surface area contributed by atoms with Crippen LogP contribution >= 0.6 is 11.6 Å². The number of nitriles is 1. The van der Waals surface area contributed by atoms with Crippen LogP contribution in [-0.2, 0) is 10.0 Å². The molecule has 3 rings (SSSR count). The van der Waals surface area contributed by atoms with E-state index >= 15 is 0 Å². The van der Waals surface area contributed by atoms with Crippen molar-refractivity contribution in [1.82, 2.24) is 9.97 Å². The number of benzene rings is 1. The third-order valence-corrected chi connectivity index (χ3v) is 5.83. The average Bonchev–Trinajstić information content (AvgIpc) is 3.08. The summed E-state index contributed by atoms with van der Waals surface area (Å²) in [5, 5.41) is 9.31. The molecular weight excluding hydrogens is 426 g/mol. The monoisotopic (exact) mass is 438 g/mol. The van der Waals surface area contributed by atoms with Crippen LogP contribution in [0.25, 0.3) is 11.0 Å². The van der Waals surface area contributed by atoms with Crippen molar-refractivity contribution in [3.05, 3.63) is 57.9 Å². The summed E-state index contributed by atoms with van der Waals surface area (Å²) in [6.45, 7) is 1.62. The number of ketones is 1. The molecule has 2 N–H and O–H groups in total. The molecule has 0 aliphatic heterocycles. The van der Waals surface area contributed by atoms with Gasteiger partial charge < -0.3 is 4.98 Å². The molecule has 0 fully saturated rings. The van der Waals surface area contributed by atoms with E-state index in [1.54, 1.807) is 6.92 Å². The number of fused-ring (bicyclic) bond motifs is 1. The van der Waals surface area contributed by atoms with Crippen molar-refractivity contribution in [3.63, 3.8) is 0 Å². The predicted molar refractivity (Wildman–Crippen MR) is 103 cm³/mol. The van der Waals surface area contributed by atoms with E-state index in [0.29, 0.717) is 0 Å². The molecule has 0 saturated heterocycles. The second-order valence-corrected chi connectivity index (χ2v) is 8.30. The topological polar surface area (TPSA) is 116 Å². The fourth-order valence-electron chi connectivity index (χ4n) is 2.82. The number of hydrogen-bond acceptors (Lipinski definition) is 5. The fourth-order valence-corrected chi connectivity index (χ4v) is 4.14. The standard InChI is InChI=1S/C18H13ClF2N4O3S/c1-2-5-29(27,28)25-13-4-3-12(20)15(16(13)21)17(26)10-7-23-18-14(10)9(6-22)11(19)8-24-18/h3-4,7-8,25H,2,5H2,1H3,(H,23,24). The highest BCUT2D eigenvalue weighted by atomic mass is 35.5. The summed E-state index contributed by atoms with van der Waals surface area (Å²) in [7, 11) is -3.87. The van der Waals surface area contributed by atoms with Crippen molar-refractivity contribution in [2.45, 2.75) is 13.3 Å². The molecule has 3 aromatic rings. The quantitative estimate of drug-likeness (QED) is 0.568. The summed E-state index contributed by atoms with van der Waals surface area (Å²) in [5.41, 5.74) is -1.69. The minimum Gasteiger partial charge on any atom is -0.345 e. The number of hydrogen-bond donors (Lipinski definition) is 2. The number of nitrogens with zero attached hydrogens (tertiary/aromatic N) is 2. The highest BCUT2D eigenvalue weighted by molar-refractivity contribution is 7.92. The molecule has 0 saturated carbocycles. The highest BCUT2D eigenvalue weighted by Crippen LogP contribution is 2.30. The maximum atomic E-state index is 14.9. The molecule has 11 heteroatoms.